The fourth-order valence-electron chi connectivity index (χ4n) is 3.89. The molecule has 1 saturated heterocycles. The highest BCUT2D eigenvalue weighted by molar-refractivity contribution is 6.08. The van der Waals surface area contributed by atoms with Crippen LogP contribution < -0.4 is 4.74 Å². The van der Waals surface area contributed by atoms with E-state index in [-0.39, 0.29) is 18.2 Å². The van der Waals surface area contributed by atoms with E-state index in [1.807, 2.05) is 50.3 Å². The summed E-state index contributed by atoms with van der Waals surface area (Å²) < 4.78 is 5.98. The average Bonchev–Trinajstić information content (AvgIpc) is 2.68. The molecule has 0 bridgehead atoms. The number of hydrogen-bond donors (Lipinski definition) is 0. The van der Waals surface area contributed by atoms with Crippen molar-refractivity contribution in [1.29, 1.82) is 0 Å². The summed E-state index contributed by atoms with van der Waals surface area (Å²) in [7, 11) is 0. The Morgan fingerprint density at radius 1 is 1.00 bits per heavy atom. The predicted molar refractivity (Wildman–Crippen MR) is 123 cm³/mol. The fraction of sp³-hybridized carbons (Fsp3) is 0.400. The Balaban J connectivity index is 0.00000300. The number of likely N-dealkylation sites (tertiary alicyclic amines) is 1. The summed E-state index contributed by atoms with van der Waals surface area (Å²) in [4.78, 5) is 15.2. The molecule has 0 spiro atoms. The number of ketones is 1. The zero-order chi connectivity index (χ0) is 19.9. The number of nitrogens with zero attached hydrogens (tertiary/aromatic N) is 1. The van der Waals surface area contributed by atoms with Crippen LogP contribution in [0.1, 0.15) is 51.9 Å². The fourth-order valence-corrected chi connectivity index (χ4v) is 3.89. The molecule has 29 heavy (non-hydrogen) atoms. The molecule has 0 saturated carbocycles. The monoisotopic (exact) mass is 413 g/mol. The van der Waals surface area contributed by atoms with Gasteiger partial charge in [-0.2, -0.15) is 0 Å². The van der Waals surface area contributed by atoms with Gasteiger partial charge in [0.25, 0.3) is 0 Å². The first-order chi connectivity index (χ1) is 13.5. The lowest BCUT2D eigenvalue weighted by atomic mass is 9.97. The Labute approximate surface area is 181 Å². The van der Waals surface area contributed by atoms with Gasteiger partial charge in [0.1, 0.15) is 12.4 Å². The number of aryl methyl sites for hydroxylation is 3. The van der Waals surface area contributed by atoms with Crippen LogP contribution in [0.2, 0.25) is 0 Å². The lowest BCUT2D eigenvalue weighted by molar-refractivity contribution is 0.104. The molecule has 1 aliphatic heterocycles. The highest BCUT2D eigenvalue weighted by atomic mass is 35.5. The smallest absolute Gasteiger partial charge is 0.186 e. The topological polar surface area (TPSA) is 29.5 Å². The third-order valence-electron chi connectivity index (χ3n) is 5.48. The lowest BCUT2D eigenvalue weighted by Gasteiger charge is -2.26. The van der Waals surface area contributed by atoms with E-state index in [2.05, 4.69) is 17.9 Å². The first-order valence-corrected chi connectivity index (χ1v) is 10.3. The van der Waals surface area contributed by atoms with Crippen molar-refractivity contribution in [1.82, 2.24) is 4.90 Å². The van der Waals surface area contributed by atoms with Gasteiger partial charge in [-0.05, 0) is 87.2 Å². The van der Waals surface area contributed by atoms with Gasteiger partial charge in [-0.15, -0.1) is 12.4 Å². The number of ether oxygens (including phenoxy) is 1. The maximum absolute atomic E-state index is 12.8. The van der Waals surface area contributed by atoms with Crippen molar-refractivity contribution >= 4 is 24.3 Å². The number of allylic oxidation sites excluding steroid dienone is 1. The van der Waals surface area contributed by atoms with Gasteiger partial charge < -0.3 is 4.74 Å². The number of piperidine rings is 1. The van der Waals surface area contributed by atoms with E-state index in [1.165, 1.54) is 32.4 Å². The molecule has 4 heteroatoms. The molecule has 0 N–H and O–H groups in total. The zero-order valence-electron chi connectivity index (χ0n) is 17.7. The molecule has 1 heterocycles. The van der Waals surface area contributed by atoms with Crippen molar-refractivity contribution in [2.24, 2.45) is 0 Å². The molecule has 0 amide bonds. The Bertz CT molecular complexity index is 831. The van der Waals surface area contributed by atoms with Gasteiger partial charge in [-0.25, -0.2) is 0 Å². The second kappa shape index (κ2) is 11.2. The number of hydrogen-bond acceptors (Lipinski definition) is 3. The van der Waals surface area contributed by atoms with Crippen LogP contribution in [0.15, 0.2) is 42.5 Å². The normalized spacial score (nSPS) is 14.6. The second-order valence-corrected chi connectivity index (χ2v) is 7.74. The molecular weight excluding hydrogens is 382 g/mol. The second-order valence-electron chi connectivity index (χ2n) is 7.74. The summed E-state index contributed by atoms with van der Waals surface area (Å²) in [5.41, 5.74) is 4.94. The molecular formula is C25H32ClNO2. The Hall–Kier alpha value is -2.10. The molecule has 3 nitrogen and oxygen atoms in total. The molecule has 0 radical (unpaired) electrons. The number of carbonyl (C=O) groups excluding carboxylic acids is 1. The van der Waals surface area contributed by atoms with Gasteiger partial charge in [-0.1, -0.05) is 36.8 Å². The maximum atomic E-state index is 12.8. The first-order valence-electron chi connectivity index (χ1n) is 10.3. The van der Waals surface area contributed by atoms with E-state index in [1.54, 1.807) is 6.08 Å². The largest absolute Gasteiger partial charge is 0.492 e. The quantitative estimate of drug-likeness (QED) is 0.424. The van der Waals surface area contributed by atoms with Crippen LogP contribution in [0.4, 0.5) is 0 Å². The Morgan fingerprint density at radius 3 is 2.31 bits per heavy atom. The van der Waals surface area contributed by atoms with E-state index < -0.39 is 0 Å². The molecule has 2 aromatic rings. The molecule has 3 rings (SSSR count). The summed E-state index contributed by atoms with van der Waals surface area (Å²) >= 11 is 0. The molecule has 0 aromatic heterocycles. The number of carbonyl (C=O) groups is 1. The minimum absolute atomic E-state index is 0. The summed E-state index contributed by atoms with van der Waals surface area (Å²) in [5, 5.41) is 0. The highest BCUT2D eigenvalue weighted by Gasteiger charge is 2.13. The molecule has 0 aliphatic carbocycles. The molecule has 1 fully saturated rings. The summed E-state index contributed by atoms with van der Waals surface area (Å²) in [6.07, 6.45) is 7.52. The lowest BCUT2D eigenvalue weighted by Crippen LogP contribution is -2.33. The van der Waals surface area contributed by atoms with Crippen LogP contribution in [0.25, 0.3) is 6.08 Å². The van der Waals surface area contributed by atoms with Gasteiger partial charge in [0, 0.05) is 12.1 Å². The minimum Gasteiger partial charge on any atom is -0.492 e. The number of halogens is 1. The molecule has 0 unspecified atom stereocenters. The van der Waals surface area contributed by atoms with Gasteiger partial charge >= 0.3 is 0 Å². The predicted octanol–water partition coefficient (Wildman–Crippen LogP) is 5.79. The van der Waals surface area contributed by atoms with Crippen LogP contribution in [-0.2, 0) is 0 Å². The van der Waals surface area contributed by atoms with Crippen LogP contribution in [0.5, 0.6) is 5.75 Å². The van der Waals surface area contributed by atoms with Crippen molar-refractivity contribution in [2.45, 2.75) is 40.0 Å². The van der Waals surface area contributed by atoms with E-state index >= 15 is 0 Å². The summed E-state index contributed by atoms with van der Waals surface area (Å²) in [6, 6.07) is 12.0. The standard InChI is InChI=1S/C25H31NO2.ClH/c1-19-9-5-6-10-22(19)11-12-24(27)25-20(2)17-23(18-21(25)3)28-16-15-26-13-7-4-8-14-26;/h5-6,9-12,17-18H,4,7-8,13-16H2,1-3H3;1H. The van der Waals surface area contributed by atoms with Gasteiger partial charge in [0.2, 0.25) is 0 Å². The van der Waals surface area contributed by atoms with E-state index in [4.69, 9.17) is 4.74 Å². The van der Waals surface area contributed by atoms with Gasteiger partial charge in [0.05, 0.1) is 0 Å². The first kappa shape index (κ1) is 23.2. The Morgan fingerprint density at radius 2 is 1.66 bits per heavy atom. The minimum atomic E-state index is 0. The van der Waals surface area contributed by atoms with Crippen LogP contribution in [0.3, 0.4) is 0 Å². The van der Waals surface area contributed by atoms with Crippen molar-refractivity contribution in [3.8, 4) is 5.75 Å². The summed E-state index contributed by atoms with van der Waals surface area (Å²) in [5.74, 6) is 0.893. The van der Waals surface area contributed by atoms with Crippen molar-refractivity contribution in [3.63, 3.8) is 0 Å². The maximum Gasteiger partial charge on any atom is 0.186 e. The third kappa shape index (κ3) is 6.45. The average molecular weight is 414 g/mol. The highest BCUT2D eigenvalue weighted by Crippen LogP contribution is 2.23. The van der Waals surface area contributed by atoms with Crippen molar-refractivity contribution in [2.75, 3.05) is 26.2 Å². The zero-order valence-corrected chi connectivity index (χ0v) is 18.6. The van der Waals surface area contributed by atoms with Crippen LogP contribution in [0, 0.1) is 20.8 Å². The third-order valence-corrected chi connectivity index (χ3v) is 5.48. The molecule has 2 aromatic carbocycles. The Kier molecular flexibility index (Phi) is 8.94. The summed E-state index contributed by atoms with van der Waals surface area (Å²) in [6.45, 7) is 10.1. The van der Waals surface area contributed by atoms with E-state index in [0.29, 0.717) is 6.61 Å². The van der Waals surface area contributed by atoms with E-state index in [9.17, 15) is 4.79 Å². The van der Waals surface area contributed by atoms with Gasteiger partial charge in [-0.3, -0.25) is 9.69 Å². The molecule has 156 valence electrons. The SMILES string of the molecule is Cc1ccccc1C=CC(=O)c1c(C)cc(OCCN2CCCCC2)cc1C.Cl. The van der Waals surface area contributed by atoms with Gasteiger partial charge in [0.15, 0.2) is 5.78 Å². The number of benzene rings is 2. The van der Waals surface area contributed by atoms with Crippen molar-refractivity contribution < 1.29 is 9.53 Å². The van der Waals surface area contributed by atoms with Crippen molar-refractivity contribution in [3.05, 3.63) is 70.3 Å². The van der Waals surface area contributed by atoms with Crippen LogP contribution >= 0.6 is 12.4 Å². The molecule has 1 aliphatic rings. The van der Waals surface area contributed by atoms with Crippen LogP contribution in [-0.4, -0.2) is 36.9 Å². The van der Waals surface area contributed by atoms with E-state index in [0.717, 1.165) is 40.1 Å². The molecule has 0 atom stereocenters. The number of rotatable bonds is 7.